The van der Waals surface area contributed by atoms with Gasteiger partial charge in [-0.1, -0.05) is 68.1 Å². The molecule has 1 unspecified atom stereocenters. The lowest BCUT2D eigenvalue weighted by molar-refractivity contribution is -0.140. The van der Waals surface area contributed by atoms with Crippen molar-refractivity contribution in [2.75, 3.05) is 17.1 Å². The number of nitrogens with one attached hydrogen (secondary N) is 1. The van der Waals surface area contributed by atoms with Crippen molar-refractivity contribution in [3.05, 3.63) is 89.4 Å². The smallest absolute Gasteiger partial charge is 0.244 e. The predicted octanol–water partition coefficient (Wildman–Crippen LogP) is 6.15. The van der Waals surface area contributed by atoms with Gasteiger partial charge in [0.05, 0.1) is 11.9 Å². The fraction of sp³-hybridized carbons (Fsp3) is 0.375. The Bertz CT molecular complexity index is 1430. The highest BCUT2D eigenvalue weighted by atomic mass is 35.5. The summed E-state index contributed by atoms with van der Waals surface area (Å²) >= 11 is 6.08. The van der Waals surface area contributed by atoms with Gasteiger partial charge < -0.3 is 15.0 Å². The van der Waals surface area contributed by atoms with E-state index >= 15 is 0 Å². The summed E-state index contributed by atoms with van der Waals surface area (Å²) in [5.41, 5.74) is 1.10. The maximum atomic E-state index is 13.9. The van der Waals surface area contributed by atoms with Crippen LogP contribution >= 0.6 is 11.6 Å². The van der Waals surface area contributed by atoms with E-state index in [1.54, 1.807) is 48.5 Å². The van der Waals surface area contributed by atoms with Gasteiger partial charge in [0.2, 0.25) is 21.8 Å². The first-order valence-corrected chi connectivity index (χ1v) is 16.5. The first kappa shape index (κ1) is 31.4. The van der Waals surface area contributed by atoms with E-state index < -0.39 is 28.5 Å². The average Bonchev–Trinajstić information content (AvgIpc) is 2.98. The van der Waals surface area contributed by atoms with Crippen molar-refractivity contribution >= 4 is 39.1 Å². The minimum Gasteiger partial charge on any atom is -0.457 e. The monoisotopic (exact) mass is 611 g/mol. The topological polar surface area (TPSA) is 96.0 Å². The van der Waals surface area contributed by atoms with Crippen molar-refractivity contribution in [1.29, 1.82) is 0 Å². The molecule has 3 aromatic rings. The third-order valence-electron chi connectivity index (χ3n) is 7.39. The van der Waals surface area contributed by atoms with Crippen LogP contribution in [0.1, 0.15) is 51.0 Å². The van der Waals surface area contributed by atoms with Crippen LogP contribution in [0.25, 0.3) is 0 Å². The summed E-state index contributed by atoms with van der Waals surface area (Å²) in [4.78, 5) is 28.9. The van der Waals surface area contributed by atoms with E-state index in [1.807, 2.05) is 37.3 Å². The number of carbonyl (C=O) groups is 2. The lowest BCUT2D eigenvalue weighted by Gasteiger charge is -2.34. The van der Waals surface area contributed by atoms with Crippen molar-refractivity contribution in [2.24, 2.45) is 0 Å². The zero-order valence-electron chi connectivity index (χ0n) is 24.0. The summed E-state index contributed by atoms with van der Waals surface area (Å²) in [7, 11) is -3.85. The Morgan fingerprint density at radius 3 is 2.14 bits per heavy atom. The summed E-state index contributed by atoms with van der Waals surface area (Å²) in [5, 5.41) is 3.70. The van der Waals surface area contributed by atoms with Crippen molar-refractivity contribution in [1.82, 2.24) is 10.2 Å². The van der Waals surface area contributed by atoms with Crippen molar-refractivity contribution < 1.29 is 22.7 Å². The Labute approximate surface area is 253 Å². The summed E-state index contributed by atoms with van der Waals surface area (Å²) < 4.78 is 32.7. The largest absolute Gasteiger partial charge is 0.457 e. The Hall–Kier alpha value is -3.56. The molecule has 0 saturated heterocycles. The number of nitrogens with zero attached hydrogens (tertiary/aromatic N) is 2. The fourth-order valence-electron chi connectivity index (χ4n) is 5.17. The van der Waals surface area contributed by atoms with E-state index in [9.17, 15) is 18.0 Å². The van der Waals surface area contributed by atoms with Gasteiger partial charge in [0.25, 0.3) is 0 Å². The van der Waals surface area contributed by atoms with E-state index in [1.165, 1.54) is 4.90 Å². The van der Waals surface area contributed by atoms with E-state index in [4.69, 9.17) is 16.3 Å². The zero-order valence-corrected chi connectivity index (χ0v) is 25.6. The van der Waals surface area contributed by atoms with Crippen molar-refractivity contribution in [2.45, 2.75) is 64.1 Å². The number of anilines is 1. The van der Waals surface area contributed by atoms with Crippen LogP contribution in [0.5, 0.6) is 11.5 Å². The number of benzene rings is 3. The van der Waals surface area contributed by atoms with Crippen LogP contribution < -0.4 is 14.4 Å². The minimum atomic E-state index is -3.85. The molecule has 1 fully saturated rings. The van der Waals surface area contributed by atoms with Crippen molar-refractivity contribution in [3.8, 4) is 11.5 Å². The van der Waals surface area contributed by atoms with Gasteiger partial charge in [-0.15, -0.1) is 0 Å². The number of hydrogen-bond donors (Lipinski definition) is 1. The highest BCUT2D eigenvalue weighted by Gasteiger charge is 2.32. The molecule has 1 N–H and O–H groups in total. The molecule has 0 radical (unpaired) electrons. The van der Waals surface area contributed by atoms with Gasteiger partial charge in [0.1, 0.15) is 24.1 Å². The van der Waals surface area contributed by atoms with E-state index in [2.05, 4.69) is 5.32 Å². The van der Waals surface area contributed by atoms with Crippen LogP contribution in [0, 0.1) is 0 Å². The predicted molar refractivity (Wildman–Crippen MR) is 166 cm³/mol. The summed E-state index contributed by atoms with van der Waals surface area (Å²) in [6.45, 7) is 1.53. The van der Waals surface area contributed by atoms with Gasteiger partial charge in [0, 0.05) is 17.6 Å². The second-order valence-corrected chi connectivity index (χ2v) is 12.9. The van der Waals surface area contributed by atoms with Crippen LogP contribution in [0.2, 0.25) is 5.02 Å². The molecule has 8 nitrogen and oxygen atoms in total. The molecule has 3 aromatic carbocycles. The SMILES string of the molecule is CCC(C(=O)NC1CCCCC1)N(Cc1ccc(Cl)cc1)C(=O)CN(c1ccc(Oc2ccccc2)cc1)S(C)(=O)=O. The van der Waals surface area contributed by atoms with Crippen LogP contribution in [0.4, 0.5) is 5.69 Å². The summed E-state index contributed by atoms with van der Waals surface area (Å²) in [6, 6.07) is 22.1. The number of ether oxygens (including phenoxy) is 1. The molecule has 0 aliphatic heterocycles. The second-order valence-electron chi connectivity index (χ2n) is 10.6. The van der Waals surface area contributed by atoms with Gasteiger partial charge in [-0.2, -0.15) is 0 Å². The summed E-state index contributed by atoms with van der Waals surface area (Å²) in [5.74, 6) is 0.473. The van der Waals surface area contributed by atoms with Gasteiger partial charge in [-0.25, -0.2) is 8.42 Å². The maximum absolute atomic E-state index is 13.9. The lowest BCUT2D eigenvalue weighted by Crippen LogP contribution is -2.53. The van der Waals surface area contributed by atoms with E-state index in [0.717, 1.165) is 48.2 Å². The summed E-state index contributed by atoms with van der Waals surface area (Å²) in [6.07, 6.45) is 6.55. The standard InChI is InChI=1S/C32H38ClN3O5S/c1-3-30(32(38)34-26-10-6-4-7-11-26)35(22-24-14-16-25(33)17-15-24)31(37)23-36(42(2,39)40)27-18-20-29(21-19-27)41-28-12-8-5-9-13-28/h5,8-9,12-21,26,30H,3-4,6-7,10-11,22-23H2,1-2H3,(H,34,38). The number of carbonyl (C=O) groups excluding carboxylic acids is 2. The Morgan fingerprint density at radius 2 is 1.55 bits per heavy atom. The Kier molecular flexibility index (Phi) is 10.9. The first-order valence-electron chi connectivity index (χ1n) is 14.3. The average molecular weight is 612 g/mol. The Balaban J connectivity index is 1.57. The zero-order chi connectivity index (χ0) is 30.1. The maximum Gasteiger partial charge on any atom is 0.244 e. The molecule has 1 aliphatic carbocycles. The third kappa shape index (κ3) is 8.72. The molecule has 4 rings (SSSR count). The van der Waals surface area contributed by atoms with E-state index in [0.29, 0.717) is 28.6 Å². The molecule has 224 valence electrons. The van der Waals surface area contributed by atoms with Crippen LogP contribution in [-0.2, 0) is 26.2 Å². The molecular formula is C32H38ClN3O5S. The van der Waals surface area contributed by atoms with Crippen LogP contribution in [-0.4, -0.2) is 50.0 Å². The molecule has 1 saturated carbocycles. The highest BCUT2D eigenvalue weighted by Crippen LogP contribution is 2.26. The van der Waals surface area contributed by atoms with Crippen molar-refractivity contribution in [3.63, 3.8) is 0 Å². The van der Waals surface area contributed by atoms with Gasteiger partial charge >= 0.3 is 0 Å². The second kappa shape index (κ2) is 14.6. The third-order valence-corrected chi connectivity index (χ3v) is 8.78. The van der Waals surface area contributed by atoms with Gasteiger partial charge in [-0.05, 0) is 73.4 Å². The normalized spacial score (nSPS) is 14.5. The first-order chi connectivity index (χ1) is 20.1. The number of sulfonamides is 1. The molecular weight excluding hydrogens is 574 g/mol. The molecule has 1 atom stereocenters. The molecule has 0 spiro atoms. The number of rotatable bonds is 12. The lowest BCUT2D eigenvalue weighted by atomic mass is 9.95. The van der Waals surface area contributed by atoms with Gasteiger partial charge in [0.15, 0.2) is 0 Å². The number of para-hydroxylation sites is 1. The van der Waals surface area contributed by atoms with Gasteiger partial charge in [-0.3, -0.25) is 13.9 Å². The van der Waals surface area contributed by atoms with Crippen LogP contribution in [0.3, 0.4) is 0 Å². The van der Waals surface area contributed by atoms with E-state index in [-0.39, 0.29) is 18.5 Å². The Morgan fingerprint density at radius 1 is 0.929 bits per heavy atom. The quantitative estimate of drug-likeness (QED) is 0.265. The molecule has 0 heterocycles. The number of amides is 2. The fourth-order valence-corrected chi connectivity index (χ4v) is 6.14. The minimum absolute atomic E-state index is 0.0805. The molecule has 42 heavy (non-hydrogen) atoms. The number of halogens is 1. The molecule has 0 bridgehead atoms. The highest BCUT2D eigenvalue weighted by molar-refractivity contribution is 7.92. The van der Waals surface area contributed by atoms with Crippen LogP contribution in [0.15, 0.2) is 78.9 Å². The molecule has 2 amide bonds. The number of hydrogen-bond acceptors (Lipinski definition) is 5. The molecule has 0 aromatic heterocycles. The molecule has 10 heteroatoms. The molecule has 1 aliphatic rings.